The first-order valence-corrected chi connectivity index (χ1v) is 5.35. The Bertz CT molecular complexity index is 272. The molecule has 0 saturated carbocycles. The summed E-state index contributed by atoms with van der Waals surface area (Å²) in [4.78, 5) is 6.20. The normalized spacial score (nSPS) is 13.1. The smallest absolute Gasteiger partial charge is 0.233 e. The van der Waals surface area contributed by atoms with Crippen LogP contribution in [-0.2, 0) is 0 Å². The summed E-state index contributed by atoms with van der Waals surface area (Å²) in [5.41, 5.74) is 5.42. The van der Waals surface area contributed by atoms with Gasteiger partial charge in [0.25, 0.3) is 0 Å². The molecule has 3 N–H and O–H groups in total. The average Bonchev–Trinajstić information content (AvgIpc) is 2.48. The van der Waals surface area contributed by atoms with Gasteiger partial charge in [-0.3, -0.25) is 0 Å². The largest absolute Gasteiger partial charge is 0.367 e. The Morgan fingerprint density at radius 1 is 1.57 bits per heavy atom. The van der Waals surface area contributed by atoms with Gasteiger partial charge >= 0.3 is 0 Å². The molecule has 0 aliphatic carbocycles. The second kappa shape index (κ2) is 5.11. The van der Waals surface area contributed by atoms with Crippen LogP contribution in [0.15, 0.2) is 0 Å². The van der Waals surface area contributed by atoms with Gasteiger partial charge in [-0.1, -0.05) is 0 Å². The zero-order valence-corrected chi connectivity index (χ0v) is 9.64. The molecule has 5 nitrogen and oxygen atoms in total. The lowest BCUT2D eigenvalue weighted by molar-refractivity contribution is 0.390. The molecule has 0 saturated heterocycles. The summed E-state index contributed by atoms with van der Waals surface area (Å²) in [6, 6.07) is 0.393. The zero-order chi connectivity index (χ0) is 10.6. The molecular formula is C8H17N5S. The lowest BCUT2D eigenvalue weighted by atomic mass is 10.2. The van der Waals surface area contributed by atoms with Gasteiger partial charge in [-0.05, 0) is 34.0 Å². The topological polar surface area (TPSA) is 67.1 Å². The van der Waals surface area contributed by atoms with Gasteiger partial charge in [0.05, 0.1) is 0 Å². The van der Waals surface area contributed by atoms with E-state index in [2.05, 4.69) is 40.6 Å². The van der Waals surface area contributed by atoms with E-state index >= 15 is 0 Å². The first-order valence-electron chi connectivity index (χ1n) is 4.58. The van der Waals surface area contributed by atoms with Crippen LogP contribution >= 0.6 is 11.5 Å². The third-order valence-corrected chi connectivity index (χ3v) is 2.48. The highest BCUT2D eigenvalue weighted by Crippen LogP contribution is 2.13. The van der Waals surface area contributed by atoms with E-state index in [4.69, 9.17) is 5.73 Å². The standard InChI is InChI=1S/C8H17N5S/c1-6(4-5-13(2)3)10-8-11-7(9)12-14-8/h6H,4-5H2,1-3H3,(H3,9,10,11,12). The fraction of sp³-hybridized carbons (Fsp3) is 0.750. The summed E-state index contributed by atoms with van der Waals surface area (Å²) in [6.07, 6.45) is 1.08. The van der Waals surface area contributed by atoms with Crippen LogP contribution in [0.3, 0.4) is 0 Å². The molecule has 6 heteroatoms. The van der Waals surface area contributed by atoms with Gasteiger partial charge in [-0.15, -0.1) is 0 Å². The van der Waals surface area contributed by atoms with Crippen molar-refractivity contribution < 1.29 is 0 Å². The molecule has 1 rings (SSSR count). The zero-order valence-electron chi connectivity index (χ0n) is 8.82. The number of hydrogen-bond acceptors (Lipinski definition) is 6. The van der Waals surface area contributed by atoms with Gasteiger partial charge in [0.2, 0.25) is 11.1 Å². The van der Waals surface area contributed by atoms with Crippen molar-refractivity contribution in [3.8, 4) is 0 Å². The van der Waals surface area contributed by atoms with Crippen molar-refractivity contribution in [2.24, 2.45) is 0 Å². The van der Waals surface area contributed by atoms with Crippen molar-refractivity contribution in [1.82, 2.24) is 14.3 Å². The molecular weight excluding hydrogens is 198 g/mol. The molecule has 1 unspecified atom stereocenters. The summed E-state index contributed by atoms with van der Waals surface area (Å²) in [5.74, 6) is 0.345. The molecule has 1 atom stereocenters. The Morgan fingerprint density at radius 2 is 2.29 bits per heavy atom. The maximum Gasteiger partial charge on any atom is 0.233 e. The minimum absolute atomic E-state index is 0.345. The maximum absolute atomic E-state index is 5.42. The van der Waals surface area contributed by atoms with Crippen LogP contribution < -0.4 is 11.1 Å². The van der Waals surface area contributed by atoms with Gasteiger partial charge in [0, 0.05) is 17.6 Å². The van der Waals surface area contributed by atoms with Crippen molar-refractivity contribution >= 4 is 22.6 Å². The summed E-state index contributed by atoms with van der Waals surface area (Å²) in [7, 11) is 4.13. The quantitative estimate of drug-likeness (QED) is 0.763. The molecule has 0 radical (unpaired) electrons. The van der Waals surface area contributed by atoms with Crippen LogP contribution in [0.2, 0.25) is 0 Å². The molecule has 0 amide bonds. The van der Waals surface area contributed by atoms with Crippen molar-refractivity contribution in [2.75, 3.05) is 31.7 Å². The Hall–Kier alpha value is -0.880. The second-order valence-corrected chi connectivity index (χ2v) is 4.35. The molecule has 0 aliphatic rings. The first-order chi connectivity index (χ1) is 6.58. The summed E-state index contributed by atoms with van der Waals surface area (Å²) >= 11 is 1.30. The van der Waals surface area contributed by atoms with Crippen molar-refractivity contribution in [1.29, 1.82) is 0 Å². The lowest BCUT2D eigenvalue weighted by Crippen LogP contribution is -2.22. The van der Waals surface area contributed by atoms with Gasteiger partial charge in [0.15, 0.2) is 0 Å². The molecule has 0 spiro atoms. The molecule has 0 aromatic carbocycles. The minimum atomic E-state index is 0.345. The predicted molar refractivity (Wildman–Crippen MR) is 60.6 cm³/mol. The number of rotatable bonds is 5. The van der Waals surface area contributed by atoms with Crippen LogP contribution in [0.5, 0.6) is 0 Å². The van der Waals surface area contributed by atoms with E-state index in [9.17, 15) is 0 Å². The summed E-state index contributed by atoms with van der Waals surface area (Å²) in [6.45, 7) is 3.18. The molecule has 0 bridgehead atoms. The number of nitrogens with zero attached hydrogens (tertiary/aromatic N) is 3. The number of hydrogen-bond donors (Lipinski definition) is 2. The van der Waals surface area contributed by atoms with Crippen LogP contribution in [0.4, 0.5) is 11.1 Å². The minimum Gasteiger partial charge on any atom is -0.367 e. The molecule has 0 aliphatic heterocycles. The molecule has 80 valence electrons. The average molecular weight is 215 g/mol. The van der Waals surface area contributed by atoms with E-state index in [1.165, 1.54) is 11.5 Å². The van der Waals surface area contributed by atoms with E-state index in [0.717, 1.165) is 18.1 Å². The monoisotopic (exact) mass is 215 g/mol. The Morgan fingerprint density at radius 3 is 2.79 bits per heavy atom. The lowest BCUT2D eigenvalue weighted by Gasteiger charge is -2.15. The van der Waals surface area contributed by atoms with Crippen molar-refractivity contribution in [3.63, 3.8) is 0 Å². The van der Waals surface area contributed by atoms with Gasteiger partial charge in [-0.25, -0.2) is 0 Å². The van der Waals surface area contributed by atoms with E-state index in [1.807, 2.05) is 0 Å². The number of anilines is 2. The highest BCUT2D eigenvalue weighted by atomic mass is 32.1. The van der Waals surface area contributed by atoms with Gasteiger partial charge < -0.3 is 16.0 Å². The van der Waals surface area contributed by atoms with Gasteiger partial charge in [0.1, 0.15) is 0 Å². The first kappa shape index (κ1) is 11.2. The molecule has 14 heavy (non-hydrogen) atoms. The number of nitrogens with one attached hydrogen (secondary N) is 1. The third kappa shape index (κ3) is 3.89. The van der Waals surface area contributed by atoms with Crippen LogP contribution in [0.25, 0.3) is 0 Å². The van der Waals surface area contributed by atoms with E-state index in [-0.39, 0.29) is 0 Å². The SMILES string of the molecule is CC(CCN(C)C)Nc1nc(N)ns1. The van der Waals surface area contributed by atoms with E-state index in [1.54, 1.807) is 0 Å². The highest BCUT2D eigenvalue weighted by molar-refractivity contribution is 7.09. The molecule has 1 heterocycles. The fourth-order valence-electron chi connectivity index (χ4n) is 1.03. The Kier molecular flexibility index (Phi) is 4.09. The summed E-state index contributed by atoms with van der Waals surface area (Å²) in [5, 5.41) is 4.06. The number of nitrogen functional groups attached to an aromatic ring is 1. The van der Waals surface area contributed by atoms with Gasteiger partial charge in [-0.2, -0.15) is 9.36 Å². The number of nitrogens with two attached hydrogens (primary N) is 1. The van der Waals surface area contributed by atoms with Crippen molar-refractivity contribution in [3.05, 3.63) is 0 Å². The van der Waals surface area contributed by atoms with Crippen LogP contribution in [0.1, 0.15) is 13.3 Å². The van der Waals surface area contributed by atoms with Crippen LogP contribution in [0, 0.1) is 0 Å². The van der Waals surface area contributed by atoms with Crippen LogP contribution in [-0.4, -0.2) is 40.9 Å². The molecule has 1 aromatic heterocycles. The number of aromatic nitrogens is 2. The Balaban J connectivity index is 2.30. The second-order valence-electron chi connectivity index (χ2n) is 3.60. The highest BCUT2D eigenvalue weighted by Gasteiger charge is 2.05. The third-order valence-electron chi connectivity index (χ3n) is 1.82. The molecule has 1 aromatic rings. The van der Waals surface area contributed by atoms with E-state index in [0.29, 0.717) is 12.0 Å². The Labute approximate surface area is 88.5 Å². The predicted octanol–water partition coefficient (Wildman–Crippen LogP) is 0.872. The maximum atomic E-state index is 5.42. The fourth-order valence-corrected chi connectivity index (χ4v) is 1.64. The summed E-state index contributed by atoms with van der Waals surface area (Å²) < 4.78 is 3.90. The molecule has 0 fully saturated rings. The van der Waals surface area contributed by atoms with E-state index < -0.39 is 0 Å². The van der Waals surface area contributed by atoms with Crippen molar-refractivity contribution in [2.45, 2.75) is 19.4 Å².